The van der Waals surface area contributed by atoms with Crippen LogP contribution < -0.4 is 4.74 Å². The second-order valence-electron chi connectivity index (χ2n) is 9.64. The van der Waals surface area contributed by atoms with Crippen molar-refractivity contribution in [3.63, 3.8) is 0 Å². The van der Waals surface area contributed by atoms with Gasteiger partial charge in [-0.2, -0.15) is 0 Å². The van der Waals surface area contributed by atoms with E-state index in [4.69, 9.17) is 14.7 Å². The summed E-state index contributed by atoms with van der Waals surface area (Å²) in [4.78, 5) is 9.99. The number of nitrogens with zero attached hydrogens (tertiary/aromatic N) is 5. The van der Waals surface area contributed by atoms with Gasteiger partial charge in [0.15, 0.2) is 5.75 Å². The van der Waals surface area contributed by atoms with Gasteiger partial charge in [-0.1, -0.05) is 60.7 Å². The van der Waals surface area contributed by atoms with Crippen LogP contribution in [-0.4, -0.2) is 23.5 Å². The quantitative estimate of drug-likeness (QED) is 0.245. The molecule has 0 N–H and O–H groups in total. The van der Waals surface area contributed by atoms with Crippen molar-refractivity contribution >= 4 is 38.9 Å². The number of hydrogen-bond acceptors (Lipinski definition) is 3. The van der Waals surface area contributed by atoms with Crippen molar-refractivity contribution in [2.45, 2.75) is 0 Å². The van der Waals surface area contributed by atoms with Crippen LogP contribution in [0.5, 0.6) is 11.5 Å². The molecule has 0 unspecified atom stereocenters. The lowest BCUT2D eigenvalue weighted by Gasteiger charge is -2.09. The monoisotopic (exact) mass is 505 g/mol. The predicted octanol–water partition coefficient (Wildman–Crippen LogP) is 7.78. The number of benzene rings is 5. The Labute approximate surface area is 224 Å². The van der Waals surface area contributed by atoms with Crippen LogP contribution in [0.3, 0.4) is 0 Å². The standard InChI is InChI=1S/C33H23N5O/c1-36-26-16-6-5-15-25(26)34-32(36)22-11-9-14-24(21-22)39-30-20-10-19-29-31(30)35-33-37(23-12-3-2-4-13-23)27-17-7-8-18-28(27)38(29)33/h2-21H,1H3. The second-order valence-corrected chi connectivity index (χ2v) is 9.64. The highest BCUT2D eigenvalue weighted by atomic mass is 16.5. The van der Waals surface area contributed by atoms with Crippen molar-refractivity contribution < 1.29 is 4.74 Å². The molecule has 8 rings (SSSR count). The summed E-state index contributed by atoms with van der Waals surface area (Å²) >= 11 is 0. The van der Waals surface area contributed by atoms with Crippen LogP contribution in [0, 0.1) is 0 Å². The number of aromatic nitrogens is 5. The number of ether oxygens (including phenoxy) is 1. The van der Waals surface area contributed by atoms with Gasteiger partial charge < -0.3 is 9.30 Å². The summed E-state index contributed by atoms with van der Waals surface area (Å²) in [7, 11) is 2.04. The largest absolute Gasteiger partial charge is 0.455 e. The van der Waals surface area contributed by atoms with Crippen LogP contribution in [0.1, 0.15) is 0 Å². The summed E-state index contributed by atoms with van der Waals surface area (Å²) < 4.78 is 13.0. The molecule has 0 aliphatic rings. The highest BCUT2D eigenvalue weighted by Gasteiger charge is 2.19. The third-order valence-electron chi connectivity index (χ3n) is 7.32. The molecule has 3 aromatic heterocycles. The van der Waals surface area contributed by atoms with E-state index in [2.05, 4.69) is 80.3 Å². The third kappa shape index (κ3) is 3.28. The maximum absolute atomic E-state index is 6.50. The van der Waals surface area contributed by atoms with Gasteiger partial charge in [0.05, 0.1) is 27.6 Å². The van der Waals surface area contributed by atoms with Gasteiger partial charge in [0, 0.05) is 18.3 Å². The smallest absolute Gasteiger partial charge is 0.220 e. The lowest BCUT2D eigenvalue weighted by molar-refractivity contribution is 0.487. The molecule has 0 aliphatic heterocycles. The van der Waals surface area contributed by atoms with E-state index in [1.807, 2.05) is 61.6 Å². The topological polar surface area (TPSA) is 49.3 Å². The van der Waals surface area contributed by atoms with E-state index in [-0.39, 0.29) is 0 Å². The highest BCUT2D eigenvalue weighted by molar-refractivity contribution is 5.94. The molecule has 0 amide bonds. The maximum Gasteiger partial charge on any atom is 0.220 e. The molecule has 0 atom stereocenters. The van der Waals surface area contributed by atoms with E-state index in [1.165, 1.54) is 0 Å². The fraction of sp³-hybridized carbons (Fsp3) is 0.0303. The van der Waals surface area contributed by atoms with E-state index in [9.17, 15) is 0 Å². The normalized spacial score (nSPS) is 11.7. The molecule has 5 aromatic carbocycles. The van der Waals surface area contributed by atoms with Gasteiger partial charge in [0.2, 0.25) is 5.78 Å². The Balaban J connectivity index is 1.27. The number of imidazole rings is 3. The molecular formula is C33H23N5O. The number of para-hydroxylation sites is 6. The zero-order valence-electron chi connectivity index (χ0n) is 21.2. The van der Waals surface area contributed by atoms with Crippen molar-refractivity contribution in [3.05, 3.63) is 121 Å². The molecule has 0 saturated heterocycles. The molecule has 186 valence electrons. The molecule has 0 fully saturated rings. The number of hydrogen-bond donors (Lipinski definition) is 0. The first kappa shape index (κ1) is 21.7. The van der Waals surface area contributed by atoms with E-state index < -0.39 is 0 Å². The van der Waals surface area contributed by atoms with Crippen molar-refractivity contribution in [2.75, 3.05) is 0 Å². The minimum atomic E-state index is 0.710. The lowest BCUT2D eigenvalue weighted by Crippen LogP contribution is -1.94. The van der Waals surface area contributed by atoms with Gasteiger partial charge in [0.1, 0.15) is 17.1 Å². The van der Waals surface area contributed by atoms with Crippen molar-refractivity contribution in [2.24, 2.45) is 7.05 Å². The molecule has 6 nitrogen and oxygen atoms in total. The average molecular weight is 506 g/mol. The summed E-state index contributed by atoms with van der Waals surface area (Å²) in [5.41, 5.74) is 8.15. The molecule has 6 heteroatoms. The summed E-state index contributed by atoms with van der Waals surface area (Å²) in [5.74, 6) is 3.19. The molecule has 0 bridgehead atoms. The van der Waals surface area contributed by atoms with E-state index in [0.29, 0.717) is 5.75 Å². The SMILES string of the molecule is Cn1c(-c2cccc(Oc3cccc4c3nc3n(-c5ccccc5)c5ccccc5n43)c2)nc2ccccc21. The molecule has 8 aromatic rings. The molecule has 0 radical (unpaired) electrons. The summed E-state index contributed by atoms with van der Waals surface area (Å²) in [6.45, 7) is 0. The summed E-state index contributed by atoms with van der Waals surface area (Å²) in [6, 6.07) is 41.1. The molecule has 0 saturated carbocycles. The van der Waals surface area contributed by atoms with Crippen molar-refractivity contribution in [1.29, 1.82) is 0 Å². The fourth-order valence-corrected chi connectivity index (χ4v) is 5.54. The zero-order valence-corrected chi connectivity index (χ0v) is 21.2. The number of rotatable bonds is 4. The molecular weight excluding hydrogens is 482 g/mol. The van der Waals surface area contributed by atoms with Gasteiger partial charge >= 0.3 is 0 Å². The minimum absolute atomic E-state index is 0.710. The van der Waals surface area contributed by atoms with Gasteiger partial charge in [-0.15, -0.1) is 0 Å². The third-order valence-corrected chi connectivity index (χ3v) is 7.32. The van der Waals surface area contributed by atoms with Gasteiger partial charge in [-0.25, -0.2) is 9.97 Å². The first-order valence-corrected chi connectivity index (χ1v) is 12.9. The number of aryl methyl sites for hydroxylation is 1. The molecule has 0 aliphatic carbocycles. The van der Waals surface area contributed by atoms with Gasteiger partial charge in [-0.3, -0.25) is 8.97 Å². The Bertz CT molecular complexity index is 2170. The van der Waals surface area contributed by atoms with Crippen LogP contribution in [-0.2, 0) is 7.05 Å². The molecule has 39 heavy (non-hydrogen) atoms. The zero-order chi connectivity index (χ0) is 25.9. The Kier molecular flexibility index (Phi) is 4.63. The van der Waals surface area contributed by atoms with Crippen LogP contribution in [0.25, 0.3) is 56.0 Å². The molecule has 0 spiro atoms. The average Bonchev–Trinajstić information content (AvgIpc) is 3.63. The van der Waals surface area contributed by atoms with Gasteiger partial charge in [0.25, 0.3) is 0 Å². The van der Waals surface area contributed by atoms with Crippen LogP contribution >= 0.6 is 0 Å². The Morgan fingerprint density at radius 2 is 1.33 bits per heavy atom. The van der Waals surface area contributed by atoms with Gasteiger partial charge in [-0.05, 0) is 60.7 Å². The Hall–Kier alpha value is -5.36. The summed E-state index contributed by atoms with van der Waals surface area (Å²) in [6.07, 6.45) is 0. The van der Waals surface area contributed by atoms with E-state index in [0.717, 1.165) is 61.7 Å². The van der Waals surface area contributed by atoms with Crippen molar-refractivity contribution in [3.8, 4) is 28.6 Å². The maximum atomic E-state index is 6.50. The number of fused-ring (bicyclic) bond motifs is 6. The molecule has 3 heterocycles. The Morgan fingerprint density at radius 3 is 2.18 bits per heavy atom. The first-order chi connectivity index (χ1) is 19.3. The first-order valence-electron chi connectivity index (χ1n) is 12.9. The Morgan fingerprint density at radius 1 is 0.615 bits per heavy atom. The second kappa shape index (κ2) is 8.33. The lowest BCUT2D eigenvalue weighted by atomic mass is 10.2. The fourth-order valence-electron chi connectivity index (χ4n) is 5.54. The van der Waals surface area contributed by atoms with Crippen LogP contribution in [0.15, 0.2) is 121 Å². The van der Waals surface area contributed by atoms with E-state index >= 15 is 0 Å². The predicted molar refractivity (Wildman–Crippen MR) is 156 cm³/mol. The minimum Gasteiger partial charge on any atom is -0.455 e. The van der Waals surface area contributed by atoms with Crippen LogP contribution in [0.2, 0.25) is 0 Å². The van der Waals surface area contributed by atoms with Crippen LogP contribution in [0.4, 0.5) is 0 Å². The highest BCUT2D eigenvalue weighted by Crippen LogP contribution is 2.35. The van der Waals surface area contributed by atoms with E-state index in [1.54, 1.807) is 0 Å². The summed E-state index contributed by atoms with van der Waals surface area (Å²) in [5, 5.41) is 0. The van der Waals surface area contributed by atoms with Crippen molar-refractivity contribution in [1.82, 2.24) is 23.5 Å².